The van der Waals surface area contributed by atoms with E-state index in [2.05, 4.69) is 11.8 Å². The van der Waals surface area contributed by atoms with Gasteiger partial charge in [-0.15, -0.1) is 5.92 Å². The van der Waals surface area contributed by atoms with Gasteiger partial charge < -0.3 is 0 Å². The lowest BCUT2D eigenvalue weighted by Crippen LogP contribution is -2.30. The van der Waals surface area contributed by atoms with Crippen molar-refractivity contribution >= 4 is 17.4 Å². The maximum Gasteiger partial charge on any atom is 0.300 e. The number of carbonyl (C=O) groups excluding carboxylic acids is 2. The number of para-hydroxylation sites is 1. The van der Waals surface area contributed by atoms with E-state index in [1.165, 1.54) is 4.90 Å². The van der Waals surface area contributed by atoms with Crippen LogP contribution in [0.15, 0.2) is 18.2 Å². The summed E-state index contributed by atoms with van der Waals surface area (Å²) in [5.74, 6) is 4.62. The number of benzene rings is 1. The Morgan fingerprint density at radius 3 is 2.75 bits per heavy atom. The third-order valence-corrected chi connectivity index (χ3v) is 2.61. The zero-order valence-electron chi connectivity index (χ0n) is 9.20. The number of amides is 1. The van der Waals surface area contributed by atoms with Crippen LogP contribution in [0.25, 0.3) is 0 Å². The Balaban J connectivity index is 2.54. The van der Waals surface area contributed by atoms with Gasteiger partial charge in [0.1, 0.15) is 0 Å². The lowest BCUT2D eigenvalue weighted by atomic mass is 10.1. The molecule has 1 heterocycles. The van der Waals surface area contributed by atoms with E-state index in [0.29, 0.717) is 11.3 Å². The van der Waals surface area contributed by atoms with E-state index >= 15 is 0 Å². The Morgan fingerprint density at radius 1 is 1.31 bits per heavy atom. The minimum absolute atomic E-state index is 0.277. The van der Waals surface area contributed by atoms with Crippen LogP contribution in [0.3, 0.4) is 0 Å². The number of anilines is 1. The molecular weight excluding hydrogens is 202 g/mol. The Labute approximate surface area is 94.1 Å². The molecule has 0 fully saturated rings. The molecule has 0 aliphatic carbocycles. The summed E-state index contributed by atoms with van der Waals surface area (Å²) in [6.45, 7) is 3.87. The molecule has 3 heteroatoms. The van der Waals surface area contributed by atoms with E-state index in [0.717, 1.165) is 5.56 Å². The van der Waals surface area contributed by atoms with E-state index in [9.17, 15) is 9.59 Å². The predicted octanol–water partition coefficient (Wildman–Crippen LogP) is 1.55. The number of rotatable bonds is 1. The van der Waals surface area contributed by atoms with Gasteiger partial charge in [0.15, 0.2) is 0 Å². The summed E-state index contributed by atoms with van der Waals surface area (Å²) in [7, 11) is 0. The molecule has 0 unspecified atom stereocenters. The molecule has 1 amide bonds. The molecule has 0 saturated heterocycles. The van der Waals surface area contributed by atoms with Gasteiger partial charge in [0.25, 0.3) is 11.7 Å². The van der Waals surface area contributed by atoms with Crippen LogP contribution >= 0.6 is 0 Å². The van der Waals surface area contributed by atoms with Crippen LogP contribution in [0.1, 0.15) is 22.8 Å². The number of Topliss-reactive ketones (excluding diaryl/α,β-unsaturated/α-hetero) is 1. The topological polar surface area (TPSA) is 37.4 Å². The third-order valence-electron chi connectivity index (χ3n) is 2.61. The first-order valence-electron chi connectivity index (χ1n) is 5.02. The SMILES string of the molecule is CC#CCN1C(=O)C(=O)c2cccc(C)c21. The van der Waals surface area contributed by atoms with Gasteiger partial charge in [-0.25, -0.2) is 0 Å². The maximum absolute atomic E-state index is 11.7. The fraction of sp³-hybridized carbons (Fsp3) is 0.231. The number of carbonyl (C=O) groups is 2. The molecule has 2 rings (SSSR count). The molecule has 80 valence electrons. The second-order valence-electron chi connectivity index (χ2n) is 3.62. The molecule has 0 atom stereocenters. The van der Waals surface area contributed by atoms with Gasteiger partial charge >= 0.3 is 0 Å². The quantitative estimate of drug-likeness (QED) is 0.524. The first-order valence-corrected chi connectivity index (χ1v) is 5.02. The van der Waals surface area contributed by atoms with E-state index in [1.807, 2.05) is 13.0 Å². The molecule has 0 spiro atoms. The summed E-state index contributed by atoms with van der Waals surface area (Å²) >= 11 is 0. The lowest BCUT2D eigenvalue weighted by molar-refractivity contribution is -0.114. The van der Waals surface area contributed by atoms with Crippen molar-refractivity contribution in [2.75, 3.05) is 11.4 Å². The standard InChI is InChI=1S/C13H11NO2/c1-3-4-8-14-11-9(2)6-5-7-10(11)12(15)13(14)16/h5-7H,8H2,1-2H3. The fourth-order valence-corrected chi connectivity index (χ4v) is 1.85. The highest BCUT2D eigenvalue weighted by atomic mass is 16.2. The van der Waals surface area contributed by atoms with Gasteiger partial charge in [-0.2, -0.15) is 0 Å². The van der Waals surface area contributed by atoms with Crippen LogP contribution in [0, 0.1) is 18.8 Å². The van der Waals surface area contributed by atoms with Crippen molar-refractivity contribution in [3.05, 3.63) is 29.3 Å². The predicted molar refractivity (Wildman–Crippen MR) is 61.3 cm³/mol. The van der Waals surface area contributed by atoms with Crippen molar-refractivity contribution in [3.63, 3.8) is 0 Å². The van der Waals surface area contributed by atoms with Gasteiger partial charge in [-0.05, 0) is 25.5 Å². The van der Waals surface area contributed by atoms with Crippen LogP contribution in [-0.2, 0) is 4.79 Å². The van der Waals surface area contributed by atoms with Crippen molar-refractivity contribution in [1.82, 2.24) is 0 Å². The van der Waals surface area contributed by atoms with Gasteiger partial charge in [0.05, 0.1) is 17.8 Å². The van der Waals surface area contributed by atoms with Crippen LogP contribution in [0.4, 0.5) is 5.69 Å². The molecule has 0 radical (unpaired) electrons. The molecule has 1 aliphatic heterocycles. The summed E-state index contributed by atoms with van der Waals surface area (Å²) < 4.78 is 0. The molecule has 1 aromatic carbocycles. The van der Waals surface area contributed by atoms with Crippen LogP contribution in [0.5, 0.6) is 0 Å². The highest BCUT2D eigenvalue weighted by molar-refractivity contribution is 6.52. The number of aryl methyl sites for hydroxylation is 1. The van der Waals surface area contributed by atoms with Crippen LogP contribution in [0.2, 0.25) is 0 Å². The second-order valence-corrected chi connectivity index (χ2v) is 3.62. The third kappa shape index (κ3) is 1.40. The number of hydrogen-bond acceptors (Lipinski definition) is 2. The number of nitrogens with zero attached hydrogens (tertiary/aromatic N) is 1. The zero-order valence-corrected chi connectivity index (χ0v) is 9.20. The van der Waals surface area contributed by atoms with Crippen molar-refractivity contribution in [3.8, 4) is 11.8 Å². The normalized spacial score (nSPS) is 13.5. The van der Waals surface area contributed by atoms with Crippen LogP contribution < -0.4 is 4.90 Å². The Bertz CT molecular complexity index is 535. The largest absolute Gasteiger partial charge is 0.300 e. The number of ketones is 1. The number of fused-ring (bicyclic) bond motifs is 1. The van der Waals surface area contributed by atoms with Gasteiger partial charge in [0.2, 0.25) is 0 Å². The molecule has 0 N–H and O–H groups in total. The lowest BCUT2D eigenvalue weighted by Gasteiger charge is -2.14. The molecule has 1 aromatic rings. The highest BCUT2D eigenvalue weighted by Crippen LogP contribution is 2.31. The van der Waals surface area contributed by atoms with Crippen molar-refractivity contribution < 1.29 is 9.59 Å². The zero-order chi connectivity index (χ0) is 11.7. The monoisotopic (exact) mass is 213 g/mol. The average molecular weight is 213 g/mol. The smallest absolute Gasteiger partial charge is 0.293 e. The summed E-state index contributed by atoms with van der Waals surface area (Å²) in [6.07, 6.45) is 0. The summed E-state index contributed by atoms with van der Waals surface area (Å²) in [4.78, 5) is 24.9. The Hall–Kier alpha value is -2.08. The summed E-state index contributed by atoms with van der Waals surface area (Å²) in [5.41, 5.74) is 2.12. The minimum atomic E-state index is -0.480. The Kier molecular flexibility index (Phi) is 2.49. The molecule has 0 saturated carbocycles. The maximum atomic E-state index is 11.7. The minimum Gasteiger partial charge on any atom is -0.293 e. The number of hydrogen-bond donors (Lipinski definition) is 0. The van der Waals surface area contributed by atoms with Crippen LogP contribution in [-0.4, -0.2) is 18.2 Å². The van der Waals surface area contributed by atoms with Crippen molar-refractivity contribution in [1.29, 1.82) is 0 Å². The molecule has 1 aliphatic rings. The first kappa shape index (κ1) is 10.4. The summed E-state index contributed by atoms with van der Waals surface area (Å²) in [5, 5.41) is 0. The van der Waals surface area contributed by atoms with E-state index in [1.54, 1.807) is 19.1 Å². The molecule has 0 aromatic heterocycles. The van der Waals surface area contributed by atoms with Crippen molar-refractivity contribution in [2.24, 2.45) is 0 Å². The van der Waals surface area contributed by atoms with Gasteiger partial charge in [-0.3, -0.25) is 14.5 Å². The molecule has 16 heavy (non-hydrogen) atoms. The van der Waals surface area contributed by atoms with E-state index < -0.39 is 11.7 Å². The van der Waals surface area contributed by atoms with E-state index in [-0.39, 0.29) is 6.54 Å². The summed E-state index contributed by atoms with van der Waals surface area (Å²) in [6, 6.07) is 5.35. The highest BCUT2D eigenvalue weighted by Gasteiger charge is 2.35. The van der Waals surface area contributed by atoms with Gasteiger partial charge in [-0.1, -0.05) is 18.1 Å². The molecule has 3 nitrogen and oxygen atoms in total. The molecule has 0 bridgehead atoms. The molecular formula is C13H11NO2. The second kappa shape index (κ2) is 3.82. The Morgan fingerprint density at radius 2 is 2.06 bits per heavy atom. The van der Waals surface area contributed by atoms with E-state index in [4.69, 9.17) is 0 Å². The fourth-order valence-electron chi connectivity index (χ4n) is 1.85. The van der Waals surface area contributed by atoms with Crippen molar-refractivity contribution in [2.45, 2.75) is 13.8 Å². The van der Waals surface area contributed by atoms with Gasteiger partial charge in [0, 0.05) is 0 Å². The average Bonchev–Trinajstić information content (AvgIpc) is 2.52. The first-order chi connectivity index (χ1) is 7.66.